The van der Waals surface area contributed by atoms with Gasteiger partial charge in [-0.05, 0) is 27.6 Å². The Bertz CT molecular complexity index is 698. The summed E-state index contributed by atoms with van der Waals surface area (Å²) in [5.74, 6) is 0.544. The zero-order valence-electron chi connectivity index (χ0n) is 9.95. The Balaban J connectivity index is 0.00000147. The van der Waals surface area contributed by atoms with E-state index in [1.54, 1.807) is 12.1 Å². The molecule has 0 spiro atoms. The monoisotopic (exact) mass is 274 g/mol. The molecular weight excluding hydrogens is 263 g/mol. The Hall–Kier alpha value is -1.82. The minimum absolute atomic E-state index is 0. The van der Waals surface area contributed by atoms with Crippen molar-refractivity contribution in [2.75, 3.05) is 0 Å². The molecule has 3 rings (SSSR count). The van der Waals surface area contributed by atoms with Gasteiger partial charge in [0, 0.05) is 11.1 Å². The first-order valence-corrected chi connectivity index (χ1v) is 5.77. The molecule has 0 amide bonds. The van der Waals surface area contributed by atoms with Crippen molar-refractivity contribution in [1.82, 2.24) is 20.6 Å². The number of carbonyl (C=O) groups is 1. The fourth-order valence-electron chi connectivity index (χ4n) is 1.97. The van der Waals surface area contributed by atoms with Crippen LogP contribution in [0.2, 0.25) is 0 Å². The molecule has 3 aromatic rings. The first-order chi connectivity index (χ1) is 9.38. The van der Waals surface area contributed by atoms with Gasteiger partial charge in [-0.3, -0.25) is 4.79 Å². The third-order valence-corrected chi connectivity index (χ3v) is 2.86. The van der Waals surface area contributed by atoms with E-state index in [1.807, 2.05) is 36.4 Å². The quantitative estimate of drug-likeness (QED) is 0.583. The summed E-state index contributed by atoms with van der Waals surface area (Å²) in [5, 5.41) is 13.8. The normalized spacial score (nSPS) is 9.80. The van der Waals surface area contributed by atoms with Crippen LogP contribution in [-0.2, 0) is 0 Å². The summed E-state index contributed by atoms with van der Waals surface area (Å²) >= 11 is 0. The molecule has 0 aliphatic rings. The first kappa shape index (κ1) is 14.6. The number of aromatic nitrogens is 4. The summed E-state index contributed by atoms with van der Waals surface area (Å²) in [7, 11) is 0. The van der Waals surface area contributed by atoms with Crippen molar-refractivity contribution in [2.24, 2.45) is 0 Å². The number of benzene rings is 2. The van der Waals surface area contributed by atoms with Crippen LogP contribution in [-0.4, -0.2) is 56.5 Å². The fraction of sp³-hybridized carbons (Fsp3) is 0. The van der Waals surface area contributed by atoms with Gasteiger partial charge in [-0.15, -0.1) is 5.10 Å². The molecule has 0 saturated carbocycles. The molecule has 0 bridgehead atoms. The third-order valence-electron chi connectivity index (χ3n) is 2.86. The van der Waals surface area contributed by atoms with Crippen LogP contribution in [0.1, 0.15) is 10.4 Å². The van der Waals surface area contributed by atoms with Gasteiger partial charge in [0.1, 0.15) is 6.29 Å². The molecule has 1 heterocycles. The molecule has 0 atom stereocenters. The van der Waals surface area contributed by atoms with E-state index in [0.717, 1.165) is 23.0 Å². The van der Waals surface area contributed by atoms with Crippen molar-refractivity contribution in [3.63, 3.8) is 0 Å². The van der Waals surface area contributed by atoms with Crippen molar-refractivity contribution < 1.29 is 4.79 Å². The van der Waals surface area contributed by atoms with Gasteiger partial charge in [0.05, 0.1) is 0 Å². The molecule has 0 saturated heterocycles. The van der Waals surface area contributed by atoms with E-state index >= 15 is 0 Å². The van der Waals surface area contributed by atoms with Crippen LogP contribution in [0.5, 0.6) is 0 Å². The molecule has 1 N–H and O–H groups in total. The summed E-state index contributed by atoms with van der Waals surface area (Å²) in [6.45, 7) is 0. The number of carbonyl (C=O) groups excluding carboxylic acids is 1. The third kappa shape index (κ3) is 2.85. The van der Waals surface area contributed by atoms with Crippen molar-refractivity contribution in [2.45, 2.75) is 0 Å². The van der Waals surface area contributed by atoms with E-state index < -0.39 is 0 Å². The predicted molar refractivity (Wildman–Crippen MR) is 77.6 cm³/mol. The number of rotatable bonds is 3. The Labute approximate surface area is 137 Å². The fourth-order valence-corrected chi connectivity index (χ4v) is 1.97. The second kappa shape index (κ2) is 6.56. The van der Waals surface area contributed by atoms with E-state index in [-0.39, 0.29) is 29.6 Å². The average Bonchev–Trinajstić information content (AvgIpc) is 3.01. The molecule has 0 aliphatic carbocycles. The second-order valence-electron chi connectivity index (χ2n) is 4.04. The Morgan fingerprint density at radius 2 is 1.80 bits per heavy atom. The molecule has 0 aliphatic heterocycles. The first-order valence-electron chi connectivity index (χ1n) is 5.77. The van der Waals surface area contributed by atoms with Gasteiger partial charge in [0.25, 0.3) is 0 Å². The summed E-state index contributed by atoms with van der Waals surface area (Å²) in [4.78, 5) is 10.9. The maximum absolute atomic E-state index is 10.9. The summed E-state index contributed by atoms with van der Waals surface area (Å²) < 4.78 is 0. The zero-order valence-corrected chi connectivity index (χ0v) is 9.95. The summed E-state index contributed by atoms with van der Waals surface area (Å²) in [6.07, 6.45) is 0.808. The Kier molecular flexibility index (Phi) is 4.79. The molecule has 0 fully saturated rings. The van der Waals surface area contributed by atoms with Crippen LogP contribution < -0.4 is 0 Å². The molecule has 0 unspecified atom stereocenters. The van der Waals surface area contributed by atoms with Crippen LogP contribution in [0.15, 0.2) is 48.5 Å². The van der Waals surface area contributed by atoms with Crippen LogP contribution >= 0.6 is 0 Å². The number of aldehydes is 1. The van der Waals surface area contributed by atoms with Gasteiger partial charge >= 0.3 is 29.6 Å². The molecule has 2 aromatic carbocycles. The van der Waals surface area contributed by atoms with Crippen molar-refractivity contribution >= 4 is 35.8 Å². The van der Waals surface area contributed by atoms with Crippen LogP contribution in [0, 0.1) is 0 Å². The molecule has 6 heteroatoms. The molecular formula is C14H11N4NaO. The van der Waals surface area contributed by atoms with E-state index in [2.05, 4.69) is 20.6 Å². The van der Waals surface area contributed by atoms with E-state index in [0.29, 0.717) is 11.4 Å². The van der Waals surface area contributed by atoms with Crippen LogP contribution in [0.25, 0.3) is 22.5 Å². The van der Waals surface area contributed by atoms with E-state index in [9.17, 15) is 4.79 Å². The summed E-state index contributed by atoms with van der Waals surface area (Å²) in [5.41, 5.74) is 3.42. The topological polar surface area (TPSA) is 71.5 Å². The number of hydrogen-bond donors (Lipinski definition) is 1. The van der Waals surface area contributed by atoms with Crippen LogP contribution in [0.4, 0.5) is 0 Å². The standard InChI is InChI=1S/C14H10N4O.Na.H/c19-9-10-6-7-12(11-4-2-1-3-5-11)13(8-10)14-15-17-18-16-14;;/h1-9H,(H,15,16,17,18);;. The Morgan fingerprint density at radius 1 is 1.00 bits per heavy atom. The van der Waals surface area contributed by atoms with Crippen molar-refractivity contribution in [1.29, 1.82) is 0 Å². The number of nitrogens with one attached hydrogen (secondary N) is 1. The van der Waals surface area contributed by atoms with Crippen LogP contribution in [0.3, 0.4) is 0 Å². The van der Waals surface area contributed by atoms with Gasteiger partial charge in [-0.1, -0.05) is 42.5 Å². The van der Waals surface area contributed by atoms with Gasteiger partial charge in [-0.2, -0.15) is 0 Å². The molecule has 20 heavy (non-hydrogen) atoms. The molecule has 1 aromatic heterocycles. The van der Waals surface area contributed by atoms with E-state index in [1.165, 1.54) is 0 Å². The number of nitrogens with zero attached hydrogens (tertiary/aromatic N) is 3. The maximum atomic E-state index is 10.9. The molecule has 94 valence electrons. The number of H-pyrrole nitrogens is 1. The zero-order chi connectivity index (χ0) is 13.1. The number of tetrazole rings is 1. The molecule has 0 radical (unpaired) electrons. The van der Waals surface area contributed by atoms with Gasteiger partial charge in [-0.25, -0.2) is 5.10 Å². The summed E-state index contributed by atoms with van der Waals surface area (Å²) in [6, 6.07) is 15.3. The Morgan fingerprint density at radius 3 is 2.45 bits per heavy atom. The van der Waals surface area contributed by atoms with Gasteiger partial charge in [0.2, 0.25) is 0 Å². The minimum atomic E-state index is 0. The van der Waals surface area contributed by atoms with E-state index in [4.69, 9.17) is 0 Å². The SMILES string of the molecule is O=Cc1ccc(-c2ccccc2)c(-c2nnn[nH]2)c1.[NaH]. The second-order valence-corrected chi connectivity index (χ2v) is 4.04. The number of hydrogen-bond acceptors (Lipinski definition) is 4. The molecule has 5 nitrogen and oxygen atoms in total. The van der Waals surface area contributed by atoms with Crippen molar-refractivity contribution in [3.05, 3.63) is 54.1 Å². The average molecular weight is 274 g/mol. The number of aromatic amines is 1. The van der Waals surface area contributed by atoms with Gasteiger partial charge < -0.3 is 0 Å². The predicted octanol–water partition coefficient (Wildman–Crippen LogP) is 1.70. The van der Waals surface area contributed by atoms with Crippen molar-refractivity contribution in [3.8, 4) is 22.5 Å². The van der Waals surface area contributed by atoms with Gasteiger partial charge in [0.15, 0.2) is 5.82 Å².